The van der Waals surface area contributed by atoms with Gasteiger partial charge in [0.25, 0.3) is 0 Å². The monoisotopic (exact) mass is 162 g/mol. The molecule has 0 amide bonds. The Bertz CT molecular complexity index is 33.9. The number of hydrogen-bond acceptors (Lipinski definition) is 1. The lowest BCUT2D eigenvalue weighted by Gasteiger charge is -1.95. The Hall–Kier alpha value is -0.0400. The van der Waals surface area contributed by atoms with Crippen LogP contribution in [0.3, 0.4) is 0 Å². The molecule has 0 aromatic rings. The van der Waals surface area contributed by atoms with E-state index < -0.39 is 0 Å². The van der Waals surface area contributed by atoms with Gasteiger partial charge in [-0.05, 0) is 5.92 Å². The van der Waals surface area contributed by atoms with Gasteiger partial charge in [0.2, 0.25) is 0 Å². The van der Waals surface area contributed by atoms with E-state index in [9.17, 15) is 0 Å². The van der Waals surface area contributed by atoms with Gasteiger partial charge in [-0.3, -0.25) is 0 Å². The van der Waals surface area contributed by atoms with Gasteiger partial charge in [-0.25, -0.2) is 0 Å². The minimum absolute atomic E-state index is 0.898. The quantitative estimate of drug-likeness (QED) is 0.659. The summed E-state index contributed by atoms with van der Waals surface area (Å²) in [6.45, 7) is 11.0. The van der Waals surface area contributed by atoms with Crippen molar-refractivity contribution in [2.75, 3.05) is 7.11 Å². The highest BCUT2D eigenvalue weighted by Gasteiger charge is 1.85. The zero-order chi connectivity index (χ0) is 9.70. The van der Waals surface area contributed by atoms with E-state index in [4.69, 9.17) is 5.11 Å². The van der Waals surface area contributed by atoms with Crippen molar-refractivity contribution in [3.8, 4) is 0 Å². The molecular weight excluding hydrogens is 136 g/mol. The van der Waals surface area contributed by atoms with E-state index in [0.29, 0.717) is 0 Å². The topological polar surface area (TPSA) is 20.2 Å². The second kappa shape index (κ2) is 22.5. The molecule has 0 heterocycles. The van der Waals surface area contributed by atoms with Crippen LogP contribution in [0.2, 0.25) is 0 Å². The molecule has 0 atom stereocenters. The summed E-state index contributed by atoms with van der Waals surface area (Å²) in [4.78, 5) is 0. The molecule has 1 heteroatoms. The Balaban J connectivity index is -0.000000109. The molecule has 0 fully saturated rings. The Kier molecular flexibility index (Phi) is 35.1. The number of rotatable bonds is 2. The van der Waals surface area contributed by atoms with Crippen LogP contribution in [-0.4, -0.2) is 12.2 Å². The summed E-state index contributed by atoms with van der Waals surface area (Å²) in [5, 5.41) is 7.00. The number of hydrogen-bond donors (Lipinski definition) is 1. The van der Waals surface area contributed by atoms with Crippen LogP contribution >= 0.6 is 0 Å². The van der Waals surface area contributed by atoms with Crippen LogP contribution < -0.4 is 0 Å². The van der Waals surface area contributed by atoms with Crippen LogP contribution in [-0.2, 0) is 0 Å². The molecule has 72 valence electrons. The summed E-state index contributed by atoms with van der Waals surface area (Å²) in [6, 6.07) is 0. The number of aliphatic hydroxyl groups excluding tert-OH is 1. The Morgan fingerprint density at radius 1 is 1.00 bits per heavy atom. The van der Waals surface area contributed by atoms with E-state index in [2.05, 4.69) is 34.6 Å². The standard InChI is InChI=1S/C6H14.C3H8.CH4O/c1-4-5-6(2)3;1-3-2;1-2/h6H,4-5H2,1-3H3;3H2,1-2H3;2H,1H3. The highest BCUT2D eigenvalue weighted by atomic mass is 16.2. The van der Waals surface area contributed by atoms with Gasteiger partial charge in [-0.2, -0.15) is 0 Å². The molecule has 0 spiro atoms. The molecule has 0 unspecified atom stereocenters. The van der Waals surface area contributed by atoms with E-state index in [0.717, 1.165) is 13.0 Å². The van der Waals surface area contributed by atoms with Crippen molar-refractivity contribution in [1.82, 2.24) is 0 Å². The third-order valence-corrected chi connectivity index (χ3v) is 0.866. The van der Waals surface area contributed by atoms with Crippen LogP contribution in [0.25, 0.3) is 0 Å². The maximum atomic E-state index is 7.00. The van der Waals surface area contributed by atoms with E-state index in [-0.39, 0.29) is 0 Å². The second-order valence-corrected chi connectivity index (χ2v) is 2.89. The van der Waals surface area contributed by atoms with Gasteiger partial charge in [0.05, 0.1) is 0 Å². The summed E-state index contributed by atoms with van der Waals surface area (Å²) < 4.78 is 0. The normalized spacial score (nSPS) is 7.64. The lowest BCUT2D eigenvalue weighted by Crippen LogP contribution is -1.81. The third kappa shape index (κ3) is 72.0. The molecule has 0 saturated heterocycles. The van der Waals surface area contributed by atoms with Crippen molar-refractivity contribution < 1.29 is 5.11 Å². The summed E-state index contributed by atoms with van der Waals surface area (Å²) in [5.41, 5.74) is 0. The first-order valence-corrected chi connectivity index (χ1v) is 4.63. The molecule has 0 rings (SSSR count). The fourth-order valence-corrected chi connectivity index (χ4v) is 0.577. The highest BCUT2D eigenvalue weighted by Crippen LogP contribution is 2.00. The highest BCUT2D eigenvalue weighted by molar-refractivity contribution is 4.38. The fraction of sp³-hybridized carbons (Fsp3) is 1.00. The van der Waals surface area contributed by atoms with E-state index >= 15 is 0 Å². The van der Waals surface area contributed by atoms with Gasteiger partial charge in [0, 0.05) is 7.11 Å². The van der Waals surface area contributed by atoms with Crippen LogP contribution in [0.15, 0.2) is 0 Å². The largest absolute Gasteiger partial charge is 0.400 e. The second-order valence-electron chi connectivity index (χ2n) is 2.89. The number of aliphatic hydroxyl groups is 1. The Morgan fingerprint density at radius 3 is 1.27 bits per heavy atom. The minimum Gasteiger partial charge on any atom is -0.400 e. The smallest absolute Gasteiger partial charge is 0.0319 e. The average molecular weight is 162 g/mol. The zero-order valence-corrected chi connectivity index (χ0v) is 9.15. The van der Waals surface area contributed by atoms with Crippen LogP contribution in [0.1, 0.15) is 53.9 Å². The SMILES string of the molecule is CCC.CCCC(C)C.CO. The maximum Gasteiger partial charge on any atom is 0.0319 e. The third-order valence-electron chi connectivity index (χ3n) is 0.866. The van der Waals surface area contributed by atoms with Gasteiger partial charge in [0.1, 0.15) is 0 Å². The summed E-state index contributed by atoms with van der Waals surface area (Å²) >= 11 is 0. The molecule has 0 aliphatic carbocycles. The maximum absolute atomic E-state index is 7.00. The summed E-state index contributed by atoms with van der Waals surface area (Å²) in [5.74, 6) is 0.898. The molecule has 0 saturated carbocycles. The molecule has 0 aromatic carbocycles. The molecule has 0 bridgehead atoms. The van der Waals surface area contributed by atoms with Crippen molar-refractivity contribution in [2.45, 2.75) is 53.9 Å². The predicted molar refractivity (Wildman–Crippen MR) is 53.9 cm³/mol. The summed E-state index contributed by atoms with van der Waals surface area (Å²) in [6.07, 6.45) is 3.96. The molecule has 0 aliphatic heterocycles. The van der Waals surface area contributed by atoms with Gasteiger partial charge < -0.3 is 5.11 Å². The molecule has 0 radical (unpaired) electrons. The lowest BCUT2D eigenvalue weighted by molar-refractivity contribution is 0.399. The molecule has 1 nitrogen and oxygen atoms in total. The van der Waals surface area contributed by atoms with Gasteiger partial charge >= 0.3 is 0 Å². The van der Waals surface area contributed by atoms with Crippen molar-refractivity contribution in [1.29, 1.82) is 0 Å². The van der Waals surface area contributed by atoms with Crippen LogP contribution in [0.4, 0.5) is 0 Å². The average Bonchev–Trinajstić information content (AvgIpc) is 1.93. The van der Waals surface area contributed by atoms with E-state index in [1.807, 2.05) is 0 Å². The molecule has 1 N–H and O–H groups in total. The van der Waals surface area contributed by atoms with Gasteiger partial charge in [0.15, 0.2) is 0 Å². The first-order valence-electron chi connectivity index (χ1n) is 4.63. The first-order chi connectivity index (χ1) is 5.18. The predicted octanol–water partition coefficient (Wildman–Crippen LogP) is 3.47. The van der Waals surface area contributed by atoms with Crippen molar-refractivity contribution in [3.63, 3.8) is 0 Å². The van der Waals surface area contributed by atoms with E-state index in [1.165, 1.54) is 19.3 Å². The van der Waals surface area contributed by atoms with E-state index in [1.54, 1.807) is 0 Å². The molecule has 11 heavy (non-hydrogen) atoms. The first kappa shape index (κ1) is 17.2. The molecule has 0 aliphatic rings. The van der Waals surface area contributed by atoms with Crippen LogP contribution in [0.5, 0.6) is 0 Å². The van der Waals surface area contributed by atoms with Crippen LogP contribution in [0, 0.1) is 5.92 Å². The Morgan fingerprint density at radius 2 is 1.27 bits per heavy atom. The molecule has 0 aromatic heterocycles. The van der Waals surface area contributed by atoms with Crippen molar-refractivity contribution >= 4 is 0 Å². The summed E-state index contributed by atoms with van der Waals surface area (Å²) in [7, 11) is 1.00. The lowest BCUT2D eigenvalue weighted by atomic mass is 10.1. The fourth-order valence-electron chi connectivity index (χ4n) is 0.577. The van der Waals surface area contributed by atoms with Crippen molar-refractivity contribution in [3.05, 3.63) is 0 Å². The minimum atomic E-state index is 0.898. The Labute approximate surface area is 72.8 Å². The van der Waals surface area contributed by atoms with Gasteiger partial charge in [-0.15, -0.1) is 0 Å². The van der Waals surface area contributed by atoms with Gasteiger partial charge in [-0.1, -0.05) is 53.9 Å². The zero-order valence-electron chi connectivity index (χ0n) is 9.15. The molecular formula is C10H26O. The van der Waals surface area contributed by atoms with Crippen molar-refractivity contribution in [2.24, 2.45) is 5.92 Å².